The number of aromatic nitrogens is 2. The molecule has 5 nitrogen and oxygen atoms in total. The Morgan fingerprint density at radius 3 is 2.66 bits per heavy atom. The number of carbonyl (C=O) groups is 1. The average molecular weight is 536 g/mol. The summed E-state index contributed by atoms with van der Waals surface area (Å²) in [6, 6.07) is 13.8. The summed E-state index contributed by atoms with van der Waals surface area (Å²) < 4.78 is 15.4. The molecule has 1 amide bonds. The van der Waals surface area contributed by atoms with Crippen molar-refractivity contribution >= 4 is 17.5 Å². The highest BCUT2D eigenvalue weighted by atomic mass is 35.5. The molecule has 2 N–H and O–H groups in total. The molecule has 7 heteroatoms. The lowest BCUT2D eigenvalue weighted by atomic mass is 9.77. The first-order valence-corrected chi connectivity index (χ1v) is 13.9. The van der Waals surface area contributed by atoms with Crippen LogP contribution in [0.25, 0.3) is 5.69 Å². The number of carbonyl (C=O) groups excluding carboxylic acids is 1. The van der Waals surface area contributed by atoms with Crippen molar-refractivity contribution in [2.75, 3.05) is 0 Å². The molecule has 0 bridgehead atoms. The molecule has 2 aromatic carbocycles. The molecule has 38 heavy (non-hydrogen) atoms. The minimum Gasteiger partial charge on any atom is -0.380 e. The topological polar surface area (TPSA) is 67.2 Å². The van der Waals surface area contributed by atoms with Crippen molar-refractivity contribution in [2.24, 2.45) is 5.92 Å². The second-order valence-corrected chi connectivity index (χ2v) is 11.1. The largest absolute Gasteiger partial charge is 0.380 e. The van der Waals surface area contributed by atoms with Crippen LogP contribution in [0.4, 0.5) is 4.39 Å². The van der Waals surface area contributed by atoms with E-state index in [4.69, 9.17) is 11.6 Å². The van der Waals surface area contributed by atoms with Crippen LogP contribution in [0.1, 0.15) is 81.7 Å². The smallest absolute Gasteiger partial charge is 0.252 e. The lowest BCUT2D eigenvalue weighted by Crippen LogP contribution is -2.47. The number of aliphatic hydroxyl groups is 1. The normalized spacial score (nSPS) is 19.7. The molecule has 3 aromatic rings. The maximum atomic E-state index is 13.5. The summed E-state index contributed by atoms with van der Waals surface area (Å²) in [4.78, 5) is 13.2. The fourth-order valence-electron chi connectivity index (χ4n) is 6.28. The third-order valence-corrected chi connectivity index (χ3v) is 8.83. The zero-order valence-corrected chi connectivity index (χ0v) is 22.9. The van der Waals surface area contributed by atoms with Crippen molar-refractivity contribution in [2.45, 2.75) is 76.9 Å². The summed E-state index contributed by atoms with van der Waals surface area (Å²) in [5.41, 5.74) is 5.67. The van der Waals surface area contributed by atoms with Crippen LogP contribution in [0.15, 0.2) is 65.9 Å². The summed E-state index contributed by atoms with van der Waals surface area (Å²) >= 11 is 6.34. The van der Waals surface area contributed by atoms with Gasteiger partial charge in [0.2, 0.25) is 0 Å². The third-order valence-electron chi connectivity index (χ3n) is 8.60. The summed E-state index contributed by atoms with van der Waals surface area (Å²) in [6.45, 7) is 5.90. The average Bonchev–Trinajstić information content (AvgIpc) is 3.53. The van der Waals surface area contributed by atoms with Gasteiger partial charge in [-0.25, -0.2) is 9.07 Å². The second kappa shape index (κ2) is 10.7. The Kier molecular flexibility index (Phi) is 7.47. The van der Waals surface area contributed by atoms with E-state index in [2.05, 4.69) is 17.3 Å². The Morgan fingerprint density at radius 2 is 1.97 bits per heavy atom. The Balaban J connectivity index is 1.43. The summed E-state index contributed by atoms with van der Waals surface area (Å²) in [5.74, 6) is -0.0963. The number of hydrogen-bond donors (Lipinski definition) is 2. The minimum absolute atomic E-state index is 0.203. The number of hydrogen-bond acceptors (Lipinski definition) is 3. The number of allylic oxidation sites excluding steroid dienone is 2. The predicted molar refractivity (Wildman–Crippen MR) is 148 cm³/mol. The Morgan fingerprint density at radius 1 is 1.24 bits per heavy atom. The predicted octanol–water partition coefficient (Wildman–Crippen LogP) is 6.83. The number of fused-ring (bicyclic) bond motifs is 1. The van der Waals surface area contributed by atoms with Crippen molar-refractivity contribution in [3.05, 3.63) is 93.5 Å². The number of nitrogens with zero attached hydrogens (tertiary/aromatic N) is 2. The molecule has 200 valence electrons. The molecule has 1 aromatic heterocycles. The van der Waals surface area contributed by atoms with Gasteiger partial charge in [0.1, 0.15) is 11.4 Å². The third kappa shape index (κ3) is 4.92. The van der Waals surface area contributed by atoms with Crippen molar-refractivity contribution in [3.63, 3.8) is 0 Å². The van der Waals surface area contributed by atoms with E-state index in [1.165, 1.54) is 34.5 Å². The van der Waals surface area contributed by atoms with Crippen LogP contribution < -0.4 is 5.32 Å². The molecule has 0 aliphatic heterocycles. The number of halogens is 2. The van der Waals surface area contributed by atoms with Crippen LogP contribution >= 0.6 is 11.6 Å². The van der Waals surface area contributed by atoms with Gasteiger partial charge in [0.15, 0.2) is 0 Å². The van der Waals surface area contributed by atoms with E-state index in [-0.39, 0.29) is 23.7 Å². The molecule has 2 aliphatic rings. The molecule has 0 radical (unpaired) electrons. The molecule has 2 aliphatic carbocycles. The molecule has 0 fully saturated rings. The number of amides is 1. The van der Waals surface area contributed by atoms with E-state index < -0.39 is 5.60 Å². The van der Waals surface area contributed by atoms with Crippen LogP contribution in [0.5, 0.6) is 0 Å². The van der Waals surface area contributed by atoms with Gasteiger partial charge in [-0.05, 0) is 80.0 Å². The van der Waals surface area contributed by atoms with E-state index in [0.717, 1.165) is 36.9 Å². The van der Waals surface area contributed by atoms with Gasteiger partial charge >= 0.3 is 0 Å². The van der Waals surface area contributed by atoms with Gasteiger partial charge in [-0.3, -0.25) is 4.79 Å². The number of benzene rings is 2. The van der Waals surface area contributed by atoms with E-state index >= 15 is 0 Å². The maximum absolute atomic E-state index is 13.5. The molecular formula is C31H35ClFN3O2. The zero-order valence-electron chi connectivity index (χ0n) is 22.2. The van der Waals surface area contributed by atoms with E-state index in [1.54, 1.807) is 12.1 Å². The second-order valence-electron chi connectivity index (χ2n) is 10.7. The number of nitrogens with one attached hydrogen (secondary N) is 1. The first-order valence-electron chi connectivity index (χ1n) is 13.6. The van der Waals surface area contributed by atoms with E-state index in [0.29, 0.717) is 23.8 Å². The van der Waals surface area contributed by atoms with Crippen LogP contribution in [-0.2, 0) is 11.2 Å². The molecular weight excluding hydrogens is 501 g/mol. The Bertz CT molecular complexity index is 1360. The summed E-state index contributed by atoms with van der Waals surface area (Å²) in [5, 5.41) is 19.3. The Hall–Kier alpha value is -2.96. The van der Waals surface area contributed by atoms with Crippen molar-refractivity contribution in [1.29, 1.82) is 0 Å². The van der Waals surface area contributed by atoms with Crippen LogP contribution in [0.3, 0.4) is 0 Å². The first-order chi connectivity index (χ1) is 18.2. The highest BCUT2D eigenvalue weighted by Gasteiger charge is 2.39. The van der Waals surface area contributed by atoms with Crippen molar-refractivity contribution < 1.29 is 14.3 Å². The van der Waals surface area contributed by atoms with Crippen LogP contribution in [0, 0.1) is 11.7 Å². The Labute approximate surface area is 228 Å². The lowest BCUT2D eigenvalue weighted by molar-refractivity contribution is -0.141. The zero-order chi connectivity index (χ0) is 27.0. The first kappa shape index (κ1) is 26.6. The SMILES string of the molecule is CCC(O)(CC)C(=O)NC(C[C@H]1CCC2=C1[C@@H](C)c1cnn(-c3ccc(F)cc3)c1C2)c1cccc(Cl)c1. The molecule has 1 unspecified atom stereocenters. The monoisotopic (exact) mass is 535 g/mol. The van der Waals surface area contributed by atoms with Crippen LogP contribution in [0.2, 0.25) is 5.02 Å². The molecule has 3 atom stereocenters. The molecule has 0 saturated carbocycles. The van der Waals surface area contributed by atoms with Gasteiger partial charge in [-0.2, -0.15) is 5.10 Å². The molecule has 1 heterocycles. The highest BCUT2D eigenvalue weighted by molar-refractivity contribution is 6.30. The standard InChI is InChI=1S/C31H35ClFN3O2/c1-4-31(38,5-2)30(37)35-27(20-7-6-8-23(32)15-20)16-21-9-10-22-17-28-26(19(3)29(21)22)18-34-36(28)25-13-11-24(33)12-14-25/h6-8,11-15,18-19,21,27,38H,4-5,9-10,16-17H2,1-3H3,(H,35,37)/t19-,21+,27?/m0/s1. The van der Waals surface area contributed by atoms with E-state index in [1.807, 2.05) is 49.0 Å². The minimum atomic E-state index is -1.39. The number of rotatable bonds is 8. The van der Waals surface area contributed by atoms with Gasteiger partial charge < -0.3 is 10.4 Å². The summed E-state index contributed by atoms with van der Waals surface area (Å²) in [7, 11) is 0. The van der Waals surface area contributed by atoms with Crippen LogP contribution in [-0.4, -0.2) is 26.4 Å². The summed E-state index contributed by atoms with van der Waals surface area (Å²) in [6.07, 6.45) is 6.23. The highest BCUT2D eigenvalue weighted by Crippen LogP contribution is 2.49. The maximum Gasteiger partial charge on any atom is 0.252 e. The molecule has 5 rings (SSSR count). The molecule has 0 spiro atoms. The lowest BCUT2D eigenvalue weighted by Gasteiger charge is -2.32. The van der Waals surface area contributed by atoms with Crippen molar-refractivity contribution in [1.82, 2.24) is 15.1 Å². The molecule has 0 saturated heterocycles. The van der Waals surface area contributed by atoms with Gasteiger partial charge in [0.25, 0.3) is 5.91 Å². The van der Waals surface area contributed by atoms with E-state index in [9.17, 15) is 14.3 Å². The fourth-order valence-corrected chi connectivity index (χ4v) is 6.48. The van der Waals surface area contributed by atoms with Gasteiger partial charge in [-0.1, -0.05) is 55.7 Å². The fraction of sp³-hybridized carbons (Fsp3) is 0.419. The quantitative estimate of drug-likeness (QED) is 0.311. The van der Waals surface area contributed by atoms with Crippen molar-refractivity contribution in [3.8, 4) is 5.69 Å². The van der Waals surface area contributed by atoms with Gasteiger partial charge in [-0.15, -0.1) is 0 Å². The van der Waals surface area contributed by atoms with Gasteiger partial charge in [0.05, 0.1) is 23.6 Å². The van der Waals surface area contributed by atoms with Gasteiger partial charge in [0, 0.05) is 22.9 Å².